The van der Waals surface area contributed by atoms with Gasteiger partial charge in [-0.25, -0.2) is 4.79 Å². The molecule has 1 atom stereocenters. The summed E-state index contributed by atoms with van der Waals surface area (Å²) < 4.78 is 5.14. The minimum Gasteiger partial charge on any atom is -0.465 e. The highest BCUT2D eigenvalue weighted by atomic mass is 35.5. The molecule has 1 unspecified atom stereocenters. The van der Waals surface area contributed by atoms with Crippen LogP contribution < -0.4 is 5.32 Å². The number of hydrogen-bond donors (Lipinski definition) is 2. The number of rotatable bonds is 3. The summed E-state index contributed by atoms with van der Waals surface area (Å²) in [6, 6.07) is 6.92. The molecule has 5 heteroatoms. The second kappa shape index (κ2) is 4.51. The monoisotopic (exact) mass is 229 g/mol. The van der Waals surface area contributed by atoms with Crippen molar-refractivity contribution in [1.82, 2.24) is 5.32 Å². The Balaban J connectivity index is 3.11. The Kier molecular flexibility index (Phi) is 3.55. The van der Waals surface area contributed by atoms with Crippen LogP contribution in [0.15, 0.2) is 24.3 Å². The zero-order chi connectivity index (χ0) is 11.5. The maximum atomic E-state index is 10.6. The van der Waals surface area contributed by atoms with E-state index in [0.717, 1.165) is 0 Å². The van der Waals surface area contributed by atoms with Crippen LogP contribution in [0.25, 0.3) is 0 Å². The molecular formula is C10H12ClNO3. The number of carbonyl (C=O) groups is 1. The van der Waals surface area contributed by atoms with Gasteiger partial charge < -0.3 is 9.84 Å². The molecule has 0 fully saturated rings. The van der Waals surface area contributed by atoms with Crippen LogP contribution in [0.2, 0.25) is 5.02 Å². The van der Waals surface area contributed by atoms with Gasteiger partial charge in [0.25, 0.3) is 0 Å². The molecule has 0 aliphatic carbocycles. The van der Waals surface area contributed by atoms with Crippen molar-refractivity contribution in [2.45, 2.75) is 12.6 Å². The third kappa shape index (κ3) is 2.61. The summed E-state index contributed by atoms with van der Waals surface area (Å²) >= 11 is 5.96. The Hall–Kier alpha value is -1.26. The molecular weight excluding hydrogens is 218 g/mol. The van der Waals surface area contributed by atoms with Gasteiger partial charge in [0.05, 0.1) is 0 Å². The van der Waals surface area contributed by atoms with Crippen LogP contribution in [0.4, 0.5) is 4.79 Å². The Labute approximate surface area is 92.8 Å². The summed E-state index contributed by atoms with van der Waals surface area (Å²) in [6.07, 6.45) is -1.17. The average molecular weight is 230 g/mol. The number of nitrogens with one attached hydrogen (secondary N) is 1. The van der Waals surface area contributed by atoms with E-state index in [0.29, 0.717) is 10.6 Å². The van der Waals surface area contributed by atoms with Crippen molar-refractivity contribution < 1.29 is 14.6 Å². The van der Waals surface area contributed by atoms with E-state index in [1.165, 1.54) is 7.11 Å². The van der Waals surface area contributed by atoms with Crippen molar-refractivity contribution in [2.75, 3.05) is 7.11 Å². The molecule has 0 aliphatic rings. The third-order valence-corrected chi connectivity index (χ3v) is 2.47. The molecule has 0 spiro atoms. The second-order valence-electron chi connectivity index (χ2n) is 3.15. The lowest BCUT2D eigenvalue weighted by Crippen LogP contribution is -2.44. The molecule has 2 N–H and O–H groups in total. The predicted octanol–water partition coefficient (Wildman–Crippen LogP) is 2.43. The van der Waals surface area contributed by atoms with Crippen molar-refractivity contribution in [3.8, 4) is 0 Å². The molecule has 0 aliphatic heterocycles. The first kappa shape index (κ1) is 11.8. The molecule has 1 aromatic rings. The lowest BCUT2D eigenvalue weighted by atomic mass is 10.0. The summed E-state index contributed by atoms with van der Waals surface area (Å²) in [5.41, 5.74) is -0.555. The van der Waals surface area contributed by atoms with Crippen LogP contribution >= 0.6 is 11.6 Å². The van der Waals surface area contributed by atoms with Gasteiger partial charge in [0.15, 0.2) is 5.72 Å². The minimum atomic E-state index is -1.17. The van der Waals surface area contributed by atoms with Crippen molar-refractivity contribution in [2.24, 2.45) is 0 Å². The number of halogens is 1. The van der Waals surface area contributed by atoms with Crippen LogP contribution in [-0.4, -0.2) is 18.3 Å². The first-order chi connectivity index (χ1) is 6.99. The van der Waals surface area contributed by atoms with Gasteiger partial charge in [0.2, 0.25) is 0 Å². The van der Waals surface area contributed by atoms with E-state index in [9.17, 15) is 4.79 Å². The Morgan fingerprint density at radius 3 is 2.60 bits per heavy atom. The third-order valence-electron chi connectivity index (χ3n) is 2.14. The lowest BCUT2D eigenvalue weighted by molar-refractivity contribution is -0.0232. The fourth-order valence-electron chi connectivity index (χ4n) is 1.28. The van der Waals surface area contributed by atoms with Crippen molar-refractivity contribution in [3.63, 3.8) is 0 Å². The highest BCUT2D eigenvalue weighted by Crippen LogP contribution is 2.28. The van der Waals surface area contributed by atoms with Crippen LogP contribution in [0.1, 0.15) is 12.5 Å². The van der Waals surface area contributed by atoms with Crippen LogP contribution in [-0.2, 0) is 10.5 Å². The van der Waals surface area contributed by atoms with E-state index in [4.69, 9.17) is 21.4 Å². The predicted molar refractivity (Wildman–Crippen MR) is 57.0 cm³/mol. The number of methoxy groups -OCH3 is 1. The Morgan fingerprint density at radius 1 is 1.53 bits per heavy atom. The summed E-state index contributed by atoms with van der Waals surface area (Å²) in [5, 5.41) is 11.4. The maximum absolute atomic E-state index is 10.6. The van der Waals surface area contributed by atoms with Crippen LogP contribution in [0, 0.1) is 0 Å². The van der Waals surface area contributed by atoms with Gasteiger partial charge in [-0.2, -0.15) is 0 Å². The zero-order valence-electron chi connectivity index (χ0n) is 8.45. The summed E-state index contributed by atoms with van der Waals surface area (Å²) in [7, 11) is 1.42. The first-order valence-corrected chi connectivity index (χ1v) is 4.68. The maximum Gasteiger partial charge on any atom is 0.407 e. The lowest BCUT2D eigenvalue weighted by Gasteiger charge is -2.29. The molecule has 0 radical (unpaired) electrons. The molecule has 0 saturated heterocycles. The number of ether oxygens (including phenoxy) is 1. The summed E-state index contributed by atoms with van der Waals surface area (Å²) in [4.78, 5) is 10.6. The van der Waals surface area contributed by atoms with Gasteiger partial charge in [-0.1, -0.05) is 29.8 Å². The van der Waals surface area contributed by atoms with Crippen molar-refractivity contribution in [1.29, 1.82) is 0 Å². The molecule has 1 rings (SSSR count). The van der Waals surface area contributed by atoms with E-state index in [2.05, 4.69) is 5.32 Å². The summed E-state index contributed by atoms with van der Waals surface area (Å²) in [6.45, 7) is 1.60. The molecule has 0 aromatic heterocycles. The fourth-order valence-corrected chi connectivity index (χ4v) is 1.60. The second-order valence-corrected chi connectivity index (χ2v) is 3.55. The minimum absolute atomic E-state index is 0.454. The highest BCUT2D eigenvalue weighted by molar-refractivity contribution is 6.31. The largest absolute Gasteiger partial charge is 0.465 e. The Morgan fingerprint density at radius 2 is 2.13 bits per heavy atom. The normalized spacial score (nSPS) is 14.3. The number of hydrogen-bond acceptors (Lipinski definition) is 2. The van der Waals surface area contributed by atoms with Crippen LogP contribution in [0.3, 0.4) is 0 Å². The van der Waals surface area contributed by atoms with Crippen molar-refractivity contribution >= 4 is 17.7 Å². The van der Waals surface area contributed by atoms with E-state index in [1.54, 1.807) is 31.2 Å². The molecule has 0 heterocycles. The smallest absolute Gasteiger partial charge is 0.407 e. The topological polar surface area (TPSA) is 58.6 Å². The van der Waals surface area contributed by atoms with Gasteiger partial charge in [-0.15, -0.1) is 0 Å². The van der Waals surface area contributed by atoms with Gasteiger partial charge in [0, 0.05) is 17.7 Å². The Bertz CT molecular complexity index is 369. The molecule has 1 aromatic carbocycles. The SMILES string of the molecule is COC(C)(NC(=O)O)c1ccccc1Cl. The number of carboxylic acid groups (broad SMARTS) is 1. The van der Waals surface area contributed by atoms with E-state index < -0.39 is 11.8 Å². The van der Waals surface area contributed by atoms with Gasteiger partial charge in [-0.05, 0) is 13.0 Å². The molecule has 0 saturated carbocycles. The van der Waals surface area contributed by atoms with Gasteiger partial charge in [-0.3, -0.25) is 5.32 Å². The van der Waals surface area contributed by atoms with E-state index in [-0.39, 0.29) is 0 Å². The standard InChI is InChI=1S/C10H12ClNO3/c1-10(15-2,12-9(13)14)7-5-3-4-6-8(7)11/h3-6,12H,1-2H3,(H,13,14). The number of benzene rings is 1. The molecule has 0 bridgehead atoms. The average Bonchev–Trinajstić information content (AvgIpc) is 2.17. The van der Waals surface area contributed by atoms with Gasteiger partial charge in [0.1, 0.15) is 0 Å². The van der Waals surface area contributed by atoms with Gasteiger partial charge >= 0.3 is 6.09 Å². The first-order valence-electron chi connectivity index (χ1n) is 4.31. The number of amides is 1. The van der Waals surface area contributed by atoms with Crippen LogP contribution in [0.5, 0.6) is 0 Å². The molecule has 1 amide bonds. The molecule has 15 heavy (non-hydrogen) atoms. The summed E-state index contributed by atoms with van der Waals surface area (Å²) in [5.74, 6) is 0. The zero-order valence-corrected chi connectivity index (χ0v) is 9.21. The fraction of sp³-hybridized carbons (Fsp3) is 0.300. The quantitative estimate of drug-likeness (QED) is 0.783. The molecule has 4 nitrogen and oxygen atoms in total. The van der Waals surface area contributed by atoms with E-state index >= 15 is 0 Å². The molecule has 82 valence electrons. The van der Waals surface area contributed by atoms with Crippen molar-refractivity contribution in [3.05, 3.63) is 34.9 Å². The van der Waals surface area contributed by atoms with E-state index in [1.807, 2.05) is 0 Å². The highest BCUT2D eigenvalue weighted by Gasteiger charge is 2.30.